The fourth-order valence-electron chi connectivity index (χ4n) is 1.64. The first kappa shape index (κ1) is 11.4. The Hall–Kier alpha value is -1.10. The van der Waals surface area contributed by atoms with Crippen LogP contribution in [0.2, 0.25) is 0 Å². The molecule has 2 rings (SSSR count). The Morgan fingerprint density at radius 3 is 2.62 bits per heavy atom. The Morgan fingerprint density at radius 1 is 1.38 bits per heavy atom. The third kappa shape index (κ3) is 2.52. The standard InChI is InChI=1S/C11H14FNO2S/c12-9-3-4-11(10(13)7-9)16(14,15)6-5-8-1-2-8/h3-4,7-8H,1-2,5-6,13H2. The van der Waals surface area contributed by atoms with Gasteiger partial charge in [-0.15, -0.1) is 0 Å². The van der Waals surface area contributed by atoms with Gasteiger partial charge in [0.15, 0.2) is 9.84 Å². The number of nitrogens with two attached hydrogens (primary N) is 1. The zero-order valence-electron chi connectivity index (χ0n) is 8.82. The third-order valence-corrected chi connectivity index (χ3v) is 4.61. The van der Waals surface area contributed by atoms with Crippen LogP contribution in [0.1, 0.15) is 19.3 Å². The molecule has 1 aromatic carbocycles. The number of halogens is 1. The highest BCUT2D eigenvalue weighted by Gasteiger charge is 2.25. The van der Waals surface area contributed by atoms with Gasteiger partial charge in [-0.25, -0.2) is 12.8 Å². The summed E-state index contributed by atoms with van der Waals surface area (Å²) in [6.45, 7) is 0. The number of benzene rings is 1. The minimum atomic E-state index is -3.35. The highest BCUT2D eigenvalue weighted by atomic mass is 32.2. The topological polar surface area (TPSA) is 60.2 Å². The number of anilines is 1. The molecule has 88 valence electrons. The van der Waals surface area contributed by atoms with Crippen molar-refractivity contribution < 1.29 is 12.8 Å². The summed E-state index contributed by atoms with van der Waals surface area (Å²) < 4.78 is 36.6. The third-order valence-electron chi connectivity index (χ3n) is 2.80. The maximum absolute atomic E-state index is 12.8. The first-order valence-electron chi connectivity index (χ1n) is 5.27. The van der Waals surface area contributed by atoms with Crippen LogP contribution in [-0.4, -0.2) is 14.2 Å². The Bertz CT molecular complexity index is 495. The first-order valence-corrected chi connectivity index (χ1v) is 6.92. The second-order valence-electron chi connectivity index (χ2n) is 4.23. The quantitative estimate of drug-likeness (QED) is 0.649. The molecule has 2 N–H and O–H groups in total. The lowest BCUT2D eigenvalue weighted by molar-refractivity contribution is 0.590. The van der Waals surface area contributed by atoms with Crippen molar-refractivity contribution in [1.82, 2.24) is 0 Å². The molecule has 0 unspecified atom stereocenters. The average molecular weight is 243 g/mol. The largest absolute Gasteiger partial charge is 0.398 e. The molecule has 1 saturated carbocycles. The fraction of sp³-hybridized carbons (Fsp3) is 0.455. The summed E-state index contributed by atoms with van der Waals surface area (Å²) in [6.07, 6.45) is 2.92. The van der Waals surface area contributed by atoms with Crippen LogP contribution in [0.3, 0.4) is 0 Å². The molecule has 1 aromatic rings. The van der Waals surface area contributed by atoms with Gasteiger partial charge < -0.3 is 5.73 Å². The van der Waals surface area contributed by atoms with E-state index in [9.17, 15) is 12.8 Å². The predicted molar refractivity (Wildman–Crippen MR) is 60.2 cm³/mol. The van der Waals surface area contributed by atoms with Crippen LogP contribution in [0.25, 0.3) is 0 Å². The van der Waals surface area contributed by atoms with Crippen LogP contribution < -0.4 is 5.73 Å². The van der Waals surface area contributed by atoms with Crippen molar-refractivity contribution in [3.63, 3.8) is 0 Å². The highest BCUT2D eigenvalue weighted by Crippen LogP contribution is 2.33. The van der Waals surface area contributed by atoms with Crippen LogP contribution in [0.15, 0.2) is 23.1 Å². The van der Waals surface area contributed by atoms with Gasteiger partial charge in [0.2, 0.25) is 0 Å². The number of sulfone groups is 1. The molecule has 16 heavy (non-hydrogen) atoms. The van der Waals surface area contributed by atoms with Crippen molar-refractivity contribution in [3.8, 4) is 0 Å². The van der Waals surface area contributed by atoms with E-state index in [4.69, 9.17) is 5.73 Å². The predicted octanol–water partition coefficient (Wildman–Crippen LogP) is 1.98. The summed E-state index contributed by atoms with van der Waals surface area (Å²) in [5, 5.41) is 0. The zero-order chi connectivity index (χ0) is 11.8. The molecule has 0 saturated heterocycles. The summed E-state index contributed by atoms with van der Waals surface area (Å²) in [5.41, 5.74) is 5.51. The van der Waals surface area contributed by atoms with Gasteiger partial charge in [0.1, 0.15) is 5.82 Å². The van der Waals surface area contributed by atoms with Gasteiger partial charge in [-0.3, -0.25) is 0 Å². The summed E-state index contributed by atoms with van der Waals surface area (Å²) in [5.74, 6) is 0.142. The van der Waals surface area contributed by atoms with E-state index in [0.29, 0.717) is 12.3 Å². The van der Waals surface area contributed by atoms with Crippen LogP contribution in [0, 0.1) is 11.7 Å². The number of nitrogen functional groups attached to an aromatic ring is 1. The van der Waals surface area contributed by atoms with Crippen molar-refractivity contribution in [2.45, 2.75) is 24.2 Å². The molecule has 1 aliphatic carbocycles. The van der Waals surface area contributed by atoms with Gasteiger partial charge in [0.05, 0.1) is 16.3 Å². The molecular weight excluding hydrogens is 229 g/mol. The minimum absolute atomic E-state index is 0.00389. The molecule has 0 atom stereocenters. The molecule has 0 bridgehead atoms. The average Bonchev–Trinajstić information content (AvgIpc) is 2.97. The van der Waals surface area contributed by atoms with E-state index in [2.05, 4.69) is 0 Å². The molecule has 0 amide bonds. The lowest BCUT2D eigenvalue weighted by Crippen LogP contribution is -2.10. The maximum atomic E-state index is 12.8. The van der Waals surface area contributed by atoms with Crippen LogP contribution in [0.5, 0.6) is 0 Å². The molecule has 0 aliphatic heterocycles. The van der Waals surface area contributed by atoms with E-state index >= 15 is 0 Å². The SMILES string of the molecule is Nc1cc(F)ccc1S(=O)(=O)CCC1CC1. The summed E-state index contributed by atoms with van der Waals surface area (Å²) in [7, 11) is -3.35. The van der Waals surface area contributed by atoms with E-state index in [1.165, 1.54) is 6.07 Å². The van der Waals surface area contributed by atoms with Gasteiger partial charge in [0, 0.05) is 0 Å². The number of hydrogen-bond donors (Lipinski definition) is 1. The van der Waals surface area contributed by atoms with Gasteiger partial charge in [-0.05, 0) is 30.5 Å². The van der Waals surface area contributed by atoms with E-state index < -0.39 is 15.7 Å². The highest BCUT2D eigenvalue weighted by molar-refractivity contribution is 7.91. The molecule has 1 aliphatic rings. The van der Waals surface area contributed by atoms with Gasteiger partial charge in [-0.1, -0.05) is 12.8 Å². The Balaban J connectivity index is 2.20. The van der Waals surface area contributed by atoms with Gasteiger partial charge >= 0.3 is 0 Å². The summed E-state index contributed by atoms with van der Waals surface area (Å²) >= 11 is 0. The molecule has 3 nitrogen and oxygen atoms in total. The van der Waals surface area contributed by atoms with Crippen molar-refractivity contribution in [3.05, 3.63) is 24.0 Å². The van der Waals surface area contributed by atoms with Crippen molar-refractivity contribution in [1.29, 1.82) is 0 Å². The lowest BCUT2D eigenvalue weighted by atomic mass is 10.3. The normalized spacial score (nSPS) is 16.3. The second kappa shape index (κ2) is 4.05. The fourth-order valence-corrected chi connectivity index (χ4v) is 3.20. The Labute approximate surface area is 94.4 Å². The van der Waals surface area contributed by atoms with E-state index in [1.54, 1.807) is 0 Å². The Morgan fingerprint density at radius 2 is 2.06 bits per heavy atom. The van der Waals surface area contributed by atoms with Gasteiger partial charge in [-0.2, -0.15) is 0 Å². The molecule has 1 fully saturated rings. The van der Waals surface area contributed by atoms with Crippen LogP contribution in [0.4, 0.5) is 10.1 Å². The molecular formula is C11H14FNO2S. The number of rotatable bonds is 4. The van der Waals surface area contributed by atoms with E-state index in [0.717, 1.165) is 25.0 Å². The van der Waals surface area contributed by atoms with E-state index in [-0.39, 0.29) is 16.3 Å². The minimum Gasteiger partial charge on any atom is -0.398 e. The van der Waals surface area contributed by atoms with Gasteiger partial charge in [0.25, 0.3) is 0 Å². The Kier molecular flexibility index (Phi) is 2.88. The molecule has 0 radical (unpaired) electrons. The molecule has 0 spiro atoms. The first-order chi connectivity index (χ1) is 7.49. The van der Waals surface area contributed by atoms with Crippen LogP contribution >= 0.6 is 0 Å². The monoisotopic (exact) mass is 243 g/mol. The molecule has 5 heteroatoms. The molecule has 0 heterocycles. The molecule has 0 aromatic heterocycles. The summed E-state index contributed by atoms with van der Waals surface area (Å²) in [4.78, 5) is 0.0505. The maximum Gasteiger partial charge on any atom is 0.180 e. The van der Waals surface area contributed by atoms with E-state index in [1.807, 2.05) is 0 Å². The lowest BCUT2D eigenvalue weighted by Gasteiger charge is -2.06. The summed E-state index contributed by atoms with van der Waals surface area (Å²) in [6, 6.07) is 3.41. The van der Waals surface area contributed by atoms with Crippen molar-refractivity contribution in [2.24, 2.45) is 5.92 Å². The van der Waals surface area contributed by atoms with Crippen molar-refractivity contribution >= 4 is 15.5 Å². The second-order valence-corrected chi connectivity index (χ2v) is 6.31. The van der Waals surface area contributed by atoms with Crippen LogP contribution in [-0.2, 0) is 9.84 Å². The smallest absolute Gasteiger partial charge is 0.180 e. The zero-order valence-corrected chi connectivity index (χ0v) is 9.63. The van der Waals surface area contributed by atoms with Crippen molar-refractivity contribution in [2.75, 3.05) is 11.5 Å². The number of hydrogen-bond acceptors (Lipinski definition) is 3.